The SMILES string of the molecule is COc1ccc(S(=O)(=O)N[C@@H](C)C(=O)NCc2ccc(C)c(OC)c2)cc1. The molecule has 0 unspecified atom stereocenters. The minimum Gasteiger partial charge on any atom is -0.497 e. The van der Waals surface area contributed by atoms with E-state index in [1.165, 1.54) is 26.2 Å². The monoisotopic (exact) mass is 392 g/mol. The van der Waals surface area contributed by atoms with Crippen molar-refractivity contribution >= 4 is 15.9 Å². The summed E-state index contributed by atoms with van der Waals surface area (Å²) in [7, 11) is -0.733. The Hall–Kier alpha value is -2.58. The Kier molecular flexibility index (Phi) is 6.81. The van der Waals surface area contributed by atoms with Gasteiger partial charge in [-0.3, -0.25) is 4.79 Å². The lowest BCUT2D eigenvalue weighted by molar-refractivity contribution is -0.122. The summed E-state index contributed by atoms with van der Waals surface area (Å²) in [6.07, 6.45) is 0. The Morgan fingerprint density at radius 3 is 2.33 bits per heavy atom. The molecule has 0 aromatic heterocycles. The van der Waals surface area contributed by atoms with Gasteiger partial charge in [-0.05, 0) is 55.3 Å². The van der Waals surface area contributed by atoms with Crippen molar-refractivity contribution in [3.63, 3.8) is 0 Å². The number of benzene rings is 2. The highest BCUT2D eigenvalue weighted by molar-refractivity contribution is 7.89. The summed E-state index contributed by atoms with van der Waals surface area (Å²) in [4.78, 5) is 12.3. The van der Waals surface area contributed by atoms with Crippen molar-refractivity contribution in [1.29, 1.82) is 0 Å². The Bertz CT molecular complexity index is 895. The van der Waals surface area contributed by atoms with Crippen LogP contribution < -0.4 is 19.5 Å². The molecule has 8 heteroatoms. The van der Waals surface area contributed by atoms with Crippen LogP contribution in [0.15, 0.2) is 47.4 Å². The zero-order valence-corrected chi connectivity index (χ0v) is 16.6. The first kappa shape index (κ1) is 20.7. The molecule has 2 rings (SSSR count). The molecule has 7 nitrogen and oxygen atoms in total. The third-order valence-electron chi connectivity index (χ3n) is 4.03. The molecule has 0 saturated heterocycles. The number of carbonyl (C=O) groups is 1. The number of carbonyl (C=O) groups excluding carboxylic acids is 1. The maximum Gasteiger partial charge on any atom is 0.241 e. The van der Waals surface area contributed by atoms with Crippen LogP contribution in [-0.4, -0.2) is 34.6 Å². The topological polar surface area (TPSA) is 93.7 Å². The largest absolute Gasteiger partial charge is 0.497 e. The Morgan fingerprint density at radius 1 is 1.07 bits per heavy atom. The molecule has 0 saturated carbocycles. The molecule has 0 heterocycles. The number of ether oxygens (including phenoxy) is 2. The summed E-state index contributed by atoms with van der Waals surface area (Å²) in [6.45, 7) is 3.69. The molecule has 0 aliphatic rings. The molecule has 0 aliphatic carbocycles. The molecule has 0 spiro atoms. The van der Waals surface area contributed by atoms with Crippen molar-refractivity contribution in [1.82, 2.24) is 10.0 Å². The molecule has 1 atom stereocenters. The van der Waals surface area contributed by atoms with Crippen LogP contribution in [0, 0.1) is 6.92 Å². The highest BCUT2D eigenvalue weighted by Crippen LogP contribution is 2.19. The van der Waals surface area contributed by atoms with Crippen LogP contribution in [0.4, 0.5) is 0 Å². The number of nitrogens with one attached hydrogen (secondary N) is 2. The zero-order valence-electron chi connectivity index (χ0n) is 15.8. The minimum atomic E-state index is -3.82. The summed E-state index contributed by atoms with van der Waals surface area (Å²) in [6, 6.07) is 10.6. The molecule has 2 aromatic rings. The fourth-order valence-corrected chi connectivity index (χ4v) is 3.63. The van der Waals surface area contributed by atoms with E-state index in [1.807, 2.05) is 25.1 Å². The minimum absolute atomic E-state index is 0.0613. The molecule has 0 fully saturated rings. The Balaban J connectivity index is 1.98. The number of hydrogen-bond donors (Lipinski definition) is 2. The molecule has 1 amide bonds. The second-order valence-corrected chi connectivity index (χ2v) is 7.75. The van der Waals surface area contributed by atoms with Crippen molar-refractivity contribution in [2.45, 2.75) is 31.3 Å². The molecular weight excluding hydrogens is 368 g/mol. The predicted molar refractivity (Wildman–Crippen MR) is 102 cm³/mol. The Morgan fingerprint density at radius 2 is 1.74 bits per heavy atom. The van der Waals surface area contributed by atoms with Gasteiger partial charge in [-0.25, -0.2) is 8.42 Å². The molecule has 0 radical (unpaired) electrons. The van der Waals surface area contributed by atoms with Crippen molar-refractivity contribution in [2.75, 3.05) is 14.2 Å². The number of methoxy groups -OCH3 is 2. The second-order valence-electron chi connectivity index (χ2n) is 6.04. The van der Waals surface area contributed by atoms with E-state index >= 15 is 0 Å². The summed E-state index contributed by atoms with van der Waals surface area (Å²) in [5, 5.41) is 2.72. The van der Waals surface area contributed by atoms with E-state index in [9.17, 15) is 13.2 Å². The van der Waals surface area contributed by atoms with E-state index in [0.29, 0.717) is 5.75 Å². The third kappa shape index (κ3) is 5.45. The average Bonchev–Trinajstić information content (AvgIpc) is 2.66. The first-order valence-corrected chi connectivity index (χ1v) is 9.82. The second kappa shape index (κ2) is 8.88. The molecule has 0 bridgehead atoms. The lowest BCUT2D eigenvalue weighted by atomic mass is 10.1. The van der Waals surface area contributed by atoms with Crippen LogP contribution in [0.1, 0.15) is 18.1 Å². The number of aryl methyl sites for hydroxylation is 1. The van der Waals surface area contributed by atoms with Gasteiger partial charge in [0.05, 0.1) is 25.2 Å². The maximum atomic E-state index is 12.4. The highest BCUT2D eigenvalue weighted by atomic mass is 32.2. The van der Waals surface area contributed by atoms with Gasteiger partial charge in [-0.15, -0.1) is 0 Å². The Labute approximate surface area is 159 Å². The van der Waals surface area contributed by atoms with Gasteiger partial charge >= 0.3 is 0 Å². The quantitative estimate of drug-likeness (QED) is 0.717. The number of rotatable bonds is 8. The lowest BCUT2D eigenvalue weighted by Crippen LogP contribution is -2.44. The third-order valence-corrected chi connectivity index (χ3v) is 5.59. The normalized spacial score (nSPS) is 12.3. The van der Waals surface area contributed by atoms with Crippen LogP contribution in [-0.2, 0) is 21.4 Å². The van der Waals surface area contributed by atoms with Crippen LogP contribution >= 0.6 is 0 Å². The van der Waals surface area contributed by atoms with Crippen LogP contribution in [0.2, 0.25) is 0 Å². The van der Waals surface area contributed by atoms with Gasteiger partial charge in [0.1, 0.15) is 11.5 Å². The molecule has 27 heavy (non-hydrogen) atoms. The standard InChI is InChI=1S/C19H24N2O5S/c1-13-5-6-15(11-18(13)26-4)12-20-19(22)14(2)21-27(23,24)17-9-7-16(25-3)8-10-17/h5-11,14,21H,12H2,1-4H3,(H,20,22)/t14-/m0/s1. The summed E-state index contributed by atoms with van der Waals surface area (Å²) in [5.41, 5.74) is 1.85. The van der Waals surface area contributed by atoms with Gasteiger partial charge in [0.25, 0.3) is 0 Å². The molecular formula is C19H24N2O5S. The molecule has 0 aliphatic heterocycles. The maximum absolute atomic E-state index is 12.4. The number of sulfonamides is 1. The van der Waals surface area contributed by atoms with E-state index in [2.05, 4.69) is 10.0 Å². The summed E-state index contributed by atoms with van der Waals surface area (Å²) in [5.74, 6) is 0.856. The van der Waals surface area contributed by atoms with Crippen molar-refractivity contribution in [3.8, 4) is 11.5 Å². The first-order chi connectivity index (χ1) is 12.8. The van der Waals surface area contributed by atoms with Crippen LogP contribution in [0.25, 0.3) is 0 Å². The number of hydrogen-bond acceptors (Lipinski definition) is 5. The van der Waals surface area contributed by atoms with E-state index in [-0.39, 0.29) is 11.4 Å². The van der Waals surface area contributed by atoms with Gasteiger partial charge in [0.15, 0.2) is 0 Å². The van der Waals surface area contributed by atoms with Gasteiger partial charge in [-0.2, -0.15) is 4.72 Å². The van der Waals surface area contributed by atoms with Crippen LogP contribution in [0.5, 0.6) is 11.5 Å². The highest BCUT2D eigenvalue weighted by Gasteiger charge is 2.22. The van der Waals surface area contributed by atoms with E-state index in [1.54, 1.807) is 19.2 Å². The lowest BCUT2D eigenvalue weighted by Gasteiger charge is -2.15. The van der Waals surface area contributed by atoms with Crippen molar-refractivity contribution < 1.29 is 22.7 Å². The van der Waals surface area contributed by atoms with Crippen molar-refractivity contribution in [2.24, 2.45) is 0 Å². The summed E-state index contributed by atoms with van der Waals surface area (Å²) < 4.78 is 37.4. The van der Waals surface area contributed by atoms with Crippen LogP contribution in [0.3, 0.4) is 0 Å². The zero-order chi connectivity index (χ0) is 20.0. The molecule has 2 aromatic carbocycles. The summed E-state index contributed by atoms with van der Waals surface area (Å²) >= 11 is 0. The average molecular weight is 392 g/mol. The van der Waals surface area contributed by atoms with Crippen molar-refractivity contribution in [3.05, 3.63) is 53.6 Å². The van der Waals surface area contributed by atoms with Gasteiger partial charge in [0.2, 0.25) is 15.9 Å². The molecule has 2 N–H and O–H groups in total. The smallest absolute Gasteiger partial charge is 0.241 e. The van der Waals surface area contributed by atoms with Gasteiger partial charge < -0.3 is 14.8 Å². The fraction of sp³-hybridized carbons (Fsp3) is 0.316. The molecule has 146 valence electrons. The van der Waals surface area contributed by atoms with E-state index < -0.39 is 22.0 Å². The fourth-order valence-electron chi connectivity index (χ4n) is 2.43. The first-order valence-electron chi connectivity index (χ1n) is 8.34. The van der Waals surface area contributed by atoms with Gasteiger partial charge in [0, 0.05) is 6.54 Å². The van der Waals surface area contributed by atoms with Gasteiger partial charge in [-0.1, -0.05) is 12.1 Å². The van der Waals surface area contributed by atoms with E-state index in [4.69, 9.17) is 9.47 Å². The predicted octanol–water partition coefficient (Wildman–Crippen LogP) is 2.00. The van der Waals surface area contributed by atoms with E-state index in [0.717, 1.165) is 16.9 Å². The number of amides is 1.